The van der Waals surface area contributed by atoms with Crippen molar-refractivity contribution in [2.45, 2.75) is 45.9 Å². The van der Waals surface area contributed by atoms with Crippen LogP contribution in [0.4, 0.5) is 17.1 Å². The zero-order valence-corrected chi connectivity index (χ0v) is 41.1. The Morgan fingerprint density at radius 2 is 0.929 bits per heavy atom. The highest BCUT2D eigenvalue weighted by Gasteiger charge is 2.27. The van der Waals surface area contributed by atoms with E-state index in [4.69, 9.17) is 9.68 Å². The molecule has 4 aromatic carbocycles. The minimum atomic E-state index is -4.08. The molecule has 0 saturated heterocycles. The number of hydrogen-bond donors (Lipinski definition) is 2. The molecule has 0 atom stereocenters. The third kappa shape index (κ3) is 12.7. The Bertz CT molecular complexity index is 3620. The highest BCUT2D eigenvalue weighted by molar-refractivity contribution is 8.09. The normalized spacial score (nSPS) is 11.7. The monoisotopic (exact) mass is 1010 g/mol. The SMILES string of the molecule is Cc1ncnc2c1c(NCc1cccc(CS(C)(=O)=O)c1)cc(=O)n2OCc1ccccc1.Cc1ncnc2c1c(NCc1cccc(N(S(C)(=O)=O)S(C)(=O)=O)c1)cc(=O)n2OCc1ccccc1. The number of hydrogen-bond acceptors (Lipinski definition) is 16. The van der Waals surface area contributed by atoms with Gasteiger partial charge in [0.15, 0.2) is 21.1 Å². The highest BCUT2D eigenvalue weighted by Crippen LogP contribution is 2.26. The molecule has 0 aliphatic rings. The zero-order chi connectivity index (χ0) is 50.2. The van der Waals surface area contributed by atoms with Crippen LogP contribution in [0.2, 0.25) is 0 Å². The van der Waals surface area contributed by atoms with E-state index >= 15 is 0 Å². The summed E-state index contributed by atoms with van der Waals surface area (Å²) in [6.07, 6.45) is 5.60. The lowest BCUT2D eigenvalue weighted by atomic mass is 10.1. The summed E-state index contributed by atoms with van der Waals surface area (Å²) in [5.41, 5.74) is 6.19. The molecule has 0 fully saturated rings. The van der Waals surface area contributed by atoms with Crippen LogP contribution < -0.4 is 35.1 Å². The van der Waals surface area contributed by atoms with Gasteiger partial charge < -0.3 is 20.3 Å². The molecule has 8 aromatic rings. The molecule has 0 aliphatic carbocycles. The van der Waals surface area contributed by atoms with Gasteiger partial charge in [0.25, 0.3) is 11.1 Å². The number of anilines is 3. The molecule has 0 unspecified atom stereocenters. The molecule has 364 valence electrons. The lowest BCUT2D eigenvalue weighted by Crippen LogP contribution is -2.35. The third-order valence-electron chi connectivity index (χ3n) is 10.4. The Labute approximate surface area is 404 Å². The van der Waals surface area contributed by atoms with Crippen molar-refractivity contribution in [3.63, 3.8) is 0 Å². The minimum Gasteiger partial charge on any atom is -0.404 e. The minimum absolute atomic E-state index is 0.0154. The standard InChI is InChI=1S/C24H25N5O6S2.C24H24N4O4S/c1-17-23-21(25-14-19-10-7-11-20(12-19)29(36(2,31)32)37(3,33)34)13-22(30)28(24(23)27-16-26-17)35-15-18-8-5-4-6-9-18;1-17-23-21(25-13-19-9-6-10-20(11-19)15-33(2,30)31)12-22(29)28(24(23)27-16-26-17)32-14-18-7-4-3-5-8-18/h4-13,16,25H,14-15H2,1-3H3;3-12,16,25H,13-15H2,1-2H3. The van der Waals surface area contributed by atoms with Gasteiger partial charge in [0.05, 0.1) is 57.5 Å². The predicted octanol–water partition coefficient (Wildman–Crippen LogP) is 4.95. The summed E-state index contributed by atoms with van der Waals surface area (Å²) in [6.45, 7) is 4.56. The van der Waals surface area contributed by atoms with Crippen LogP contribution in [0.15, 0.2) is 144 Å². The number of aromatic nitrogens is 6. The van der Waals surface area contributed by atoms with E-state index in [0.29, 0.717) is 60.6 Å². The van der Waals surface area contributed by atoms with Crippen LogP contribution in [0, 0.1) is 13.8 Å². The maximum Gasteiger partial charge on any atom is 0.287 e. The van der Waals surface area contributed by atoms with Crippen molar-refractivity contribution in [2.75, 3.05) is 33.1 Å². The fourth-order valence-corrected chi connectivity index (χ4v) is 11.2. The number of sulfonamides is 2. The van der Waals surface area contributed by atoms with Crippen molar-refractivity contribution in [2.24, 2.45) is 0 Å². The van der Waals surface area contributed by atoms with Crippen LogP contribution in [-0.2, 0) is 61.9 Å². The van der Waals surface area contributed by atoms with Crippen LogP contribution in [0.5, 0.6) is 0 Å². The van der Waals surface area contributed by atoms with Gasteiger partial charge in [-0.3, -0.25) is 9.59 Å². The van der Waals surface area contributed by atoms with Crippen LogP contribution >= 0.6 is 0 Å². The Balaban J connectivity index is 0.000000208. The van der Waals surface area contributed by atoms with Crippen molar-refractivity contribution >= 4 is 69.0 Å². The Morgan fingerprint density at radius 1 is 0.514 bits per heavy atom. The molecule has 70 heavy (non-hydrogen) atoms. The lowest BCUT2D eigenvalue weighted by molar-refractivity contribution is 0.0979. The van der Waals surface area contributed by atoms with Crippen molar-refractivity contribution in [3.05, 3.63) is 194 Å². The van der Waals surface area contributed by atoms with Crippen molar-refractivity contribution in [3.8, 4) is 0 Å². The number of benzene rings is 4. The number of sulfone groups is 1. The maximum absolute atomic E-state index is 13.0. The second-order valence-corrected chi connectivity index (χ2v) is 22.2. The molecule has 4 aromatic heterocycles. The van der Waals surface area contributed by atoms with Gasteiger partial charge in [0, 0.05) is 31.5 Å². The maximum atomic E-state index is 13.0. The van der Waals surface area contributed by atoms with Gasteiger partial charge in [-0.2, -0.15) is 3.71 Å². The van der Waals surface area contributed by atoms with E-state index in [-0.39, 0.29) is 42.4 Å². The molecule has 0 bridgehead atoms. The van der Waals surface area contributed by atoms with E-state index in [0.717, 1.165) is 33.9 Å². The molecule has 0 saturated carbocycles. The average molecular weight is 1010 g/mol. The van der Waals surface area contributed by atoms with Gasteiger partial charge >= 0.3 is 0 Å². The third-order valence-corrected chi connectivity index (χ3v) is 14.5. The van der Waals surface area contributed by atoms with Gasteiger partial charge in [-0.05, 0) is 53.8 Å². The van der Waals surface area contributed by atoms with Crippen molar-refractivity contribution in [1.29, 1.82) is 0 Å². The molecule has 8 rings (SSSR count). The summed E-state index contributed by atoms with van der Waals surface area (Å²) in [5.74, 6) is -0.0223. The molecule has 0 radical (unpaired) electrons. The molecule has 2 N–H and O–H groups in total. The van der Waals surface area contributed by atoms with Crippen molar-refractivity contribution < 1.29 is 34.9 Å². The first kappa shape index (κ1) is 50.2. The van der Waals surface area contributed by atoms with Gasteiger partial charge in [-0.1, -0.05) is 97.1 Å². The first-order valence-electron chi connectivity index (χ1n) is 21.4. The Hall–Kier alpha value is -7.69. The first-order chi connectivity index (χ1) is 33.2. The van der Waals surface area contributed by atoms with Gasteiger partial charge in [-0.25, -0.2) is 45.2 Å². The summed E-state index contributed by atoms with van der Waals surface area (Å²) in [6, 6.07) is 35.2. The summed E-state index contributed by atoms with van der Waals surface area (Å²) >= 11 is 0. The highest BCUT2D eigenvalue weighted by atomic mass is 32.3. The summed E-state index contributed by atoms with van der Waals surface area (Å²) < 4.78 is 74.4. The number of pyridine rings is 2. The molecule has 0 spiro atoms. The molecule has 4 heterocycles. The topological polar surface area (TPSA) is 244 Å². The van der Waals surface area contributed by atoms with Gasteiger partial charge in [0.2, 0.25) is 20.0 Å². The fourth-order valence-electron chi connectivity index (χ4n) is 7.47. The number of fused-ring (bicyclic) bond motifs is 2. The molecular weight excluding hydrogens is 959 g/mol. The average Bonchev–Trinajstić information content (AvgIpc) is 3.29. The van der Waals surface area contributed by atoms with Gasteiger partial charge in [0.1, 0.15) is 25.9 Å². The Kier molecular flexibility index (Phi) is 15.3. The smallest absolute Gasteiger partial charge is 0.287 e. The molecule has 0 amide bonds. The van der Waals surface area contributed by atoms with E-state index in [9.17, 15) is 34.8 Å². The van der Waals surface area contributed by atoms with Crippen LogP contribution in [0.1, 0.15) is 39.2 Å². The molecule has 0 aliphatic heterocycles. The van der Waals surface area contributed by atoms with Crippen LogP contribution in [0.25, 0.3) is 22.1 Å². The summed E-state index contributed by atoms with van der Waals surface area (Å²) in [7, 11) is -11.3. The van der Waals surface area contributed by atoms with Crippen LogP contribution in [0.3, 0.4) is 0 Å². The van der Waals surface area contributed by atoms with E-state index in [1.807, 2.05) is 85.8 Å². The quantitative estimate of drug-likeness (QED) is 0.123. The summed E-state index contributed by atoms with van der Waals surface area (Å²) in [5, 5.41) is 7.69. The largest absolute Gasteiger partial charge is 0.404 e. The lowest BCUT2D eigenvalue weighted by Gasteiger charge is -2.20. The molecule has 19 nitrogen and oxygen atoms in total. The zero-order valence-electron chi connectivity index (χ0n) is 38.7. The van der Waals surface area contributed by atoms with Crippen LogP contribution in [-0.4, -0.2) is 73.4 Å². The second-order valence-electron chi connectivity index (χ2n) is 16.2. The first-order valence-corrected chi connectivity index (χ1v) is 27.1. The molecule has 22 heteroatoms. The second kappa shape index (κ2) is 21.3. The van der Waals surface area contributed by atoms with Gasteiger partial charge in [-0.15, -0.1) is 9.46 Å². The van der Waals surface area contributed by atoms with E-state index in [1.54, 1.807) is 25.1 Å². The fraction of sp³-hybridized carbons (Fsp3) is 0.208. The number of nitrogens with zero attached hydrogens (tertiary/aromatic N) is 7. The molecular formula is C48H49N9O10S3. The summed E-state index contributed by atoms with van der Waals surface area (Å²) in [4.78, 5) is 54.5. The Morgan fingerprint density at radius 3 is 1.37 bits per heavy atom. The van der Waals surface area contributed by atoms with E-state index in [2.05, 4.69) is 30.6 Å². The van der Waals surface area contributed by atoms with E-state index < -0.39 is 35.4 Å². The van der Waals surface area contributed by atoms with E-state index in [1.165, 1.54) is 47.9 Å². The number of aryl methyl sites for hydroxylation is 2. The number of rotatable bonds is 17. The van der Waals surface area contributed by atoms with Crippen molar-refractivity contribution in [1.82, 2.24) is 29.4 Å². The number of nitrogens with one attached hydrogen (secondary N) is 2. The predicted molar refractivity (Wildman–Crippen MR) is 269 cm³/mol.